The molecule has 1 aliphatic carbocycles. The maximum Gasteiger partial charge on any atom is 0.247 e. The second-order valence-corrected chi connectivity index (χ2v) is 8.82. The monoisotopic (exact) mass is 383 g/mol. The number of anilines is 1. The summed E-state index contributed by atoms with van der Waals surface area (Å²) in [5.41, 5.74) is 2.15. The van der Waals surface area contributed by atoms with Crippen molar-refractivity contribution in [3.05, 3.63) is 23.8 Å². The van der Waals surface area contributed by atoms with Gasteiger partial charge >= 0.3 is 0 Å². The number of likely N-dealkylation sites (tertiary alicyclic amines) is 1. The highest BCUT2D eigenvalue weighted by Crippen LogP contribution is 2.59. The number of hydrogen-bond donors (Lipinski definition) is 2. The minimum atomic E-state index is -0.342. The Bertz CT molecular complexity index is 787. The Morgan fingerprint density at radius 2 is 2.07 bits per heavy atom. The van der Waals surface area contributed by atoms with Crippen molar-refractivity contribution in [3.63, 3.8) is 0 Å². The molecule has 150 valence electrons. The van der Waals surface area contributed by atoms with E-state index >= 15 is 0 Å². The number of piperidine rings is 2. The minimum Gasteiger partial charge on any atom is -0.493 e. The van der Waals surface area contributed by atoms with Crippen LogP contribution in [0.15, 0.2) is 18.2 Å². The molecule has 5 rings (SSSR count). The average molecular weight is 383 g/mol. The number of carbonyl (C=O) groups is 2. The third kappa shape index (κ3) is 3.17. The summed E-state index contributed by atoms with van der Waals surface area (Å²) in [6, 6.07) is 5.47. The van der Waals surface area contributed by atoms with Gasteiger partial charge in [-0.25, -0.2) is 0 Å². The van der Waals surface area contributed by atoms with E-state index in [0.29, 0.717) is 13.2 Å². The molecule has 2 N–H and O–H groups in total. The van der Waals surface area contributed by atoms with Gasteiger partial charge in [0.2, 0.25) is 11.8 Å². The molecule has 1 spiro atoms. The van der Waals surface area contributed by atoms with Crippen LogP contribution < -0.4 is 15.4 Å². The molecular weight excluding hydrogens is 354 g/mol. The van der Waals surface area contributed by atoms with E-state index < -0.39 is 0 Å². The smallest absolute Gasteiger partial charge is 0.247 e. The molecule has 28 heavy (non-hydrogen) atoms. The van der Waals surface area contributed by atoms with Crippen LogP contribution in [0.3, 0.4) is 0 Å². The molecule has 4 aliphatic rings. The van der Waals surface area contributed by atoms with E-state index in [1.165, 1.54) is 0 Å². The third-order valence-electron chi connectivity index (χ3n) is 7.13. The molecule has 3 heterocycles. The van der Waals surface area contributed by atoms with Gasteiger partial charge in [-0.3, -0.25) is 9.59 Å². The molecule has 1 aromatic carbocycles. The summed E-state index contributed by atoms with van der Waals surface area (Å²) < 4.78 is 5.54. The first-order valence-corrected chi connectivity index (χ1v) is 10.7. The van der Waals surface area contributed by atoms with Gasteiger partial charge in [-0.05, 0) is 80.8 Å². The summed E-state index contributed by atoms with van der Waals surface area (Å²) in [6.45, 7) is 3.43. The standard InChI is InChI=1S/C22H29N3O3/c26-20(24-16-4-5-19-15(13-16)6-12-28-19)18-3-1-2-11-25(18)21(27)17-14-22(17)7-9-23-10-8-22/h4-5,13,17-18,23H,1-3,6-12,14H2,(H,24,26). The molecule has 0 aromatic heterocycles. The zero-order valence-electron chi connectivity index (χ0n) is 16.3. The molecule has 0 radical (unpaired) electrons. The lowest BCUT2D eigenvalue weighted by Crippen LogP contribution is -2.51. The molecule has 1 saturated carbocycles. The number of amides is 2. The van der Waals surface area contributed by atoms with Crippen molar-refractivity contribution in [2.45, 2.75) is 51.0 Å². The molecule has 2 atom stereocenters. The van der Waals surface area contributed by atoms with Crippen molar-refractivity contribution in [2.75, 3.05) is 31.6 Å². The number of nitrogens with zero attached hydrogens (tertiary/aromatic N) is 1. The zero-order valence-corrected chi connectivity index (χ0v) is 16.3. The molecule has 6 nitrogen and oxygen atoms in total. The lowest BCUT2D eigenvalue weighted by Gasteiger charge is -2.36. The van der Waals surface area contributed by atoms with Crippen LogP contribution in [0.4, 0.5) is 5.69 Å². The van der Waals surface area contributed by atoms with Crippen LogP contribution in [0.25, 0.3) is 0 Å². The fourth-order valence-electron chi connectivity index (χ4n) is 5.33. The van der Waals surface area contributed by atoms with Crippen LogP contribution in [0.5, 0.6) is 5.75 Å². The van der Waals surface area contributed by atoms with Crippen molar-refractivity contribution < 1.29 is 14.3 Å². The highest BCUT2D eigenvalue weighted by Gasteiger charge is 2.59. The van der Waals surface area contributed by atoms with Gasteiger partial charge in [-0.15, -0.1) is 0 Å². The van der Waals surface area contributed by atoms with Crippen molar-refractivity contribution in [1.29, 1.82) is 0 Å². The number of benzene rings is 1. The Balaban J connectivity index is 1.27. The Hall–Kier alpha value is -2.08. The first kappa shape index (κ1) is 18.0. The molecule has 2 unspecified atom stereocenters. The first-order valence-electron chi connectivity index (χ1n) is 10.7. The molecule has 3 fully saturated rings. The van der Waals surface area contributed by atoms with Gasteiger partial charge in [-0.2, -0.15) is 0 Å². The molecule has 1 aromatic rings. The normalized spacial score (nSPS) is 27.8. The van der Waals surface area contributed by atoms with Crippen molar-refractivity contribution in [2.24, 2.45) is 11.3 Å². The first-order chi connectivity index (χ1) is 13.7. The summed E-state index contributed by atoms with van der Waals surface area (Å²) in [4.78, 5) is 28.2. The van der Waals surface area contributed by atoms with E-state index in [4.69, 9.17) is 4.74 Å². The van der Waals surface area contributed by atoms with E-state index in [0.717, 1.165) is 75.0 Å². The lowest BCUT2D eigenvalue weighted by molar-refractivity contribution is -0.142. The summed E-state index contributed by atoms with van der Waals surface area (Å²) in [5, 5.41) is 6.45. The topological polar surface area (TPSA) is 70.7 Å². The van der Waals surface area contributed by atoms with Crippen LogP contribution >= 0.6 is 0 Å². The molecular formula is C22H29N3O3. The van der Waals surface area contributed by atoms with Gasteiger partial charge in [0.15, 0.2) is 0 Å². The van der Waals surface area contributed by atoms with Crippen LogP contribution in [-0.4, -0.2) is 49.0 Å². The largest absolute Gasteiger partial charge is 0.493 e. The quantitative estimate of drug-likeness (QED) is 0.841. The molecule has 2 saturated heterocycles. The predicted octanol–water partition coefficient (Wildman–Crippen LogP) is 2.33. The van der Waals surface area contributed by atoms with Crippen molar-refractivity contribution in [3.8, 4) is 5.75 Å². The second-order valence-electron chi connectivity index (χ2n) is 8.82. The van der Waals surface area contributed by atoms with Crippen LogP contribution in [-0.2, 0) is 16.0 Å². The lowest BCUT2D eigenvalue weighted by atomic mass is 9.91. The highest BCUT2D eigenvalue weighted by molar-refractivity contribution is 5.98. The van der Waals surface area contributed by atoms with Crippen molar-refractivity contribution >= 4 is 17.5 Å². The number of hydrogen-bond acceptors (Lipinski definition) is 4. The number of ether oxygens (including phenoxy) is 1. The van der Waals surface area contributed by atoms with Gasteiger partial charge in [0, 0.05) is 24.6 Å². The van der Waals surface area contributed by atoms with E-state index in [2.05, 4.69) is 10.6 Å². The fraction of sp³-hybridized carbons (Fsp3) is 0.636. The molecule has 0 bridgehead atoms. The van der Waals surface area contributed by atoms with E-state index in [1.807, 2.05) is 23.1 Å². The summed E-state index contributed by atoms with van der Waals surface area (Å²) >= 11 is 0. The Labute approximate surface area is 166 Å². The summed E-state index contributed by atoms with van der Waals surface area (Å²) in [7, 11) is 0. The number of fused-ring (bicyclic) bond motifs is 1. The Kier molecular flexibility index (Phi) is 4.54. The van der Waals surface area contributed by atoms with E-state index in [-0.39, 0.29) is 29.2 Å². The van der Waals surface area contributed by atoms with E-state index in [9.17, 15) is 9.59 Å². The Morgan fingerprint density at radius 3 is 2.93 bits per heavy atom. The minimum absolute atomic E-state index is 0.0491. The molecule has 2 amide bonds. The maximum atomic E-state index is 13.3. The van der Waals surface area contributed by atoms with E-state index in [1.54, 1.807) is 0 Å². The van der Waals surface area contributed by atoms with Gasteiger partial charge in [0.05, 0.1) is 6.61 Å². The highest BCUT2D eigenvalue weighted by atomic mass is 16.5. The van der Waals surface area contributed by atoms with Gasteiger partial charge in [-0.1, -0.05) is 0 Å². The van der Waals surface area contributed by atoms with Crippen LogP contribution in [0.2, 0.25) is 0 Å². The second kappa shape index (κ2) is 7.07. The molecule has 6 heteroatoms. The van der Waals surface area contributed by atoms with Gasteiger partial charge in [0.1, 0.15) is 11.8 Å². The zero-order chi connectivity index (χ0) is 19.1. The third-order valence-corrected chi connectivity index (χ3v) is 7.13. The van der Waals surface area contributed by atoms with Gasteiger partial charge < -0.3 is 20.3 Å². The van der Waals surface area contributed by atoms with Crippen LogP contribution in [0, 0.1) is 11.3 Å². The number of rotatable bonds is 3. The number of nitrogens with one attached hydrogen (secondary N) is 2. The molecule has 3 aliphatic heterocycles. The van der Waals surface area contributed by atoms with Crippen molar-refractivity contribution in [1.82, 2.24) is 10.2 Å². The fourth-order valence-corrected chi connectivity index (χ4v) is 5.33. The average Bonchev–Trinajstić information content (AvgIpc) is 3.20. The summed E-state index contributed by atoms with van der Waals surface area (Å²) in [6.07, 6.45) is 6.81. The number of carbonyl (C=O) groups excluding carboxylic acids is 2. The maximum absolute atomic E-state index is 13.3. The van der Waals surface area contributed by atoms with Crippen LogP contribution in [0.1, 0.15) is 44.1 Å². The summed E-state index contributed by atoms with van der Waals surface area (Å²) in [5.74, 6) is 1.20. The Morgan fingerprint density at radius 1 is 1.21 bits per heavy atom. The SMILES string of the molecule is O=C(Nc1ccc2c(c1)CCO2)C1CCCCN1C(=O)C1CC12CCNCC2. The van der Waals surface area contributed by atoms with Gasteiger partial charge in [0.25, 0.3) is 0 Å². The predicted molar refractivity (Wildman–Crippen MR) is 106 cm³/mol.